The Hall–Kier alpha value is -1.46. The van der Waals surface area contributed by atoms with E-state index < -0.39 is 8.32 Å². The minimum atomic E-state index is -1.91. The standard InChI is InChI=1S/C16H22OSi/c1-6-11-16(14(3)7-2)17-18(4,5)15-12-9-8-10-13-15/h1,8-10,12-13H,7,11H2,2-5H3/b16-14-. The first-order valence-corrected chi connectivity index (χ1v) is 9.28. The van der Waals surface area contributed by atoms with Crippen LogP contribution in [-0.2, 0) is 4.43 Å². The lowest BCUT2D eigenvalue weighted by atomic mass is 10.2. The van der Waals surface area contributed by atoms with Crippen LogP contribution in [-0.4, -0.2) is 8.32 Å². The Bertz CT molecular complexity index is 452. The first-order chi connectivity index (χ1) is 8.51. The maximum Gasteiger partial charge on any atom is 0.276 e. The van der Waals surface area contributed by atoms with Crippen molar-refractivity contribution in [1.29, 1.82) is 0 Å². The molecular weight excluding hydrogens is 236 g/mol. The van der Waals surface area contributed by atoms with Gasteiger partial charge in [-0.3, -0.25) is 0 Å². The molecular formula is C16H22OSi. The van der Waals surface area contributed by atoms with Crippen molar-refractivity contribution < 1.29 is 4.43 Å². The van der Waals surface area contributed by atoms with Crippen LogP contribution >= 0.6 is 0 Å². The highest BCUT2D eigenvalue weighted by molar-refractivity contribution is 6.84. The lowest BCUT2D eigenvalue weighted by molar-refractivity contribution is 0.410. The van der Waals surface area contributed by atoms with Gasteiger partial charge in [0.05, 0.1) is 12.2 Å². The number of benzene rings is 1. The predicted molar refractivity (Wildman–Crippen MR) is 81.1 cm³/mol. The van der Waals surface area contributed by atoms with Crippen molar-refractivity contribution >= 4 is 13.5 Å². The van der Waals surface area contributed by atoms with Crippen LogP contribution in [0.15, 0.2) is 41.7 Å². The molecule has 0 spiro atoms. The monoisotopic (exact) mass is 258 g/mol. The molecule has 0 aliphatic heterocycles. The molecule has 0 aliphatic carbocycles. The van der Waals surface area contributed by atoms with Gasteiger partial charge in [-0.15, -0.1) is 6.42 Å². The summed E-state index contributed by atoms with van der Waals surface area (Å²) in [6.45, 7) is 8.65. The summed E-state index contributed by atoms with van der Waals surface area (Å²) >= 11 is 0. The lowest BCUT2D eigenvalue weighted by Crippen LogP contribution is -2.44. The van der Waals surface area contributed by atoms with Crippen LogP contribution in [0.1, 0.15) is 26.7 Å². The molecule has 0 amide bonds. The van der Waals surface area contributed by atoms with Gasteiger partial charge in [0.2, 0.25) is 0 Å². The van der Waals surface area contributed by atoms with Gasteiger partial charge in [0.15, 0.2) is 0 Å². The van der Waals surface area contributed by atoms with Crippen molar-refractivity contribution in [3.63, 3.8) is 0 Å². The van der Waals surface area contributed by atoms with Crippen LogP contribution in [0, 0.1) is 12.3 Å². The Labute approximate surface area is 112 Å². The highest BCUT2D eigenvalue weighted by Crippen LogP contribution is 2.19. The van der Waals surface area contributed by atoms with Gasteiger partial charge in [-0.2, -0.15) is 0 Å². The first kappa shape index (κ1) is 14.6. The van der Waals surface area contributed by atoms with E-state index in [9.17, 15) is 0 Å². The average molecular weight is 258 g/mol. The molecule has 0 bridgehead atoms. The van der Waals surface area contributed by atoms with Crippen LogP contribution in [0.2, 0.25) is 13.1 Å². The Morgan fingerprint density at radius 1 is 1.28 bits per heavy atom. The Morgan fingerprint density at radius 2 is 1.89 bits per heavy atom. The molecule has 1 nitrogen and oxygen atoms in total. The van der Waals surface area contributed by atoms with Crippen LogP contribution in [0.4, 0.5) is 0 Å². The zero-order valence-electron chi connectivity index (χ0n) is 11.8. The van der Waals surface area contributed by atoms with E-state index in [0.29, 0.717) is 6.42 Å². The number of allylic oxidation sites excluding steroid dienone is 2. The van der Waals surface area contributed by atoms with Crippen LogP contribution in [0.25, 0.3) is 0 Å². The van der Waals surface area contributed by atoms with Gasteiger partial charge in [-0.05, 0) is 37.2 Å². The molecule has 0 fully saturated rings. The van der Waals surface area contributed by atoms with Gasteiger partial charge in [-0.1, -0.05) is 43.2 Å². The quantitative estimate of drug-likeness (QED) is 0.443. The molecule has 0 unspecified atom stereocenters. The second-order valence-electron chi connectivity index (χ2n) is 4.92. The second-order valence-corrected chi connectivity index (χ2v) is 8.72. The molecule has 0 N–H and O–H groups in total. The van der Waals surface area contributed by atoms with Gasteiger partial charge in [-0.25, -0.2) is 0 Å². The van der Waals surface area contributed by atoms with E-state index in [2.05, 4.69) is 57.1 Å². The molecule has 96 valence electrons. The fraction of sp³-hybridized carbons (Fsp3) is 0.375. The molecule has 18 heavy (non-hydrogen) atoms. The third kappa shape index (κ3) is 3.78. The molecule has 0 radical (unpaired) electrons. The topological polar surface area (TPSA) is 9.23 Å². The zero-order chi connectivity index (χ0) is 13.6. The third-order valence-electron chi connectivity index (χ3n) is 3.12. The number of hydrogen-bond donors (Lipinski definition) is 0. The molecule has 1 rings (SSSR count). The summed E-state index contributed by atoms with van der Waals surface area (Å²) in [6, 6.07) is 10.4. The lowest BCUT2D eigenvalue weighted by Gasteiger charge is -2.27. The molecule has 0 atom stereocenters. The summed E-state index contributed by atoms with van der Waals surface area (Å²) in [5.74, 6) is 3.68. The normalized spacial score (nSPS) is 12.6. The van der Waals surface area contributed by atoms with Crippen LogP contribution in [0.3, 0.4) is 0 Å². The molecule has 2 heteroatoms. The number of hydrogen-bond acceptors (Lipinski definition) is 1. The van der Waals surface area contributed by atoms with Gasteiger partial charge in [0.25, 0.3) is 8.32 Å². The van der Waals surface area contributed by atoms with Gasteiger partial charge in [0.1, 0.15) is 0 Å². The largest absolute Gasteiger partial charge is 0.542 e. The third-order valence-corrected chi connectivity index (χ3v) is 5.60. The molecule has 0 heterocycles. The highest BCUT2D eigenvalue weighted by Gasteiger charge is 2.28. The van der Waals surface area contributed by atoms with Crippen molar-refractivity contribution in [2.45, 2.75) is 39.8 Å². The highest BCUT2D eigenvalue weighted by atomic mass is 28.4. The Kier molecular flexibility index (Phi) is 5.24. The van der Waals surface area contributed by atoms with Gasteiger partial charge < -0.3 is 4.43 Å². The van der Waals surface area contributed by atoms with Crippen LogP contribution < -0.4 is 5.19 Å². The fourth-order valence-corrected chi connectivity index (χ4v) is 3.75. The first-order valence-electron chi connectivity index (χ1n) is 6.38. The van der Waals surface area contributed by atoms with Crippen molar-refractivity contribution in [2.75, 3.05) is 0 Å². The van der Waals surface area contributed by atoms with E-state index >= 15 is 0 Å². The summed E-state index contributed by atoms with van der Waals surface area (Å²) < 4.78 is 6.29. The molecule has 1 aromatic rings. The van der Waals surface area contributed by atoms with Crippen molar-refractivity contribution in [3.8, 4) is 12.3 Å². The molecule has 0 aliphatic rings. The SMILES string of the molecule is C#CC/C(O[Si](C)(C)c1ccccc1)=C(\C)CC. The summed E-state index contributed by atoms with van der Waals surface area (Å²) in [6.07, 6.45) is 7.00. The number of terminal acetylenes is 1. The van der Waals surface area contributed by atoms with E-state index in [1.165, 1.54) is 10.8 Å². The summed E-state index contributed by atoms with van der Waals surface area (Å²) in [5, 5.41) is 1.29. The zero-order valence-corrected chi connectivity index (χ0v) is 12.8. The molecule has 0 aromatic heterocycles. The summed E-state index contributed by atoms with van der Waals surface area (Å²) in [5.41, 5.74) is 1.25. The molecule has 1 aromatic carbocycles. The second kappa shape index (κ2) is 6.46. The Balaban J connectivity index is 2.97. The van der Waals surface area contributed by atoms with Crippen molar-refractivity contribution in [2.24, 2.45) is 0 Å². The molecule has 0 saturated carbocycles. The summed E-state index contributed by atoms with van der Waals surface area (Å²) in [4.78, 5) is 0. The van der Waals surface area contributed by atoms with E-state index in [0.717, 1.165) is 12.2 Å². The van der Waals surface area contributed by atoms with E-state index in [-0.39, 0.29) is 0 Å². The molecule has 0 saturated heterocycles. The van der Waals surface area contributed by atoms with Crippen LogP contribution in [0.5, 0.6) is 0 Å². The van der Waals surface area contributed by atoms with E-state index in [1.807, 2.05) is 6.07 Å². The maximum absolute atomic E-state index is 6.29. The van der Waals surface area contributed by atoms with Gasteiger partial charge in [0, 0.05) is 0 Å². The average Bonchev–Trinajstić information content (AvgIpc) is 2.38. The number of rotatable bonds is 5. The predicted octanol–water partition coefficient (Wildman–Crippen LogP) is 3.82. The van der Waals surface area contributed by atoms with Crippen molar-refractivity contribution in [1.82, 2.24) is 0 Å². The minimum absolute atomic E-state index is 0.586. The smallest absolute Gasteiger partial charge is 0.276 e. The summed E-state index contributed by atoms with van der Waals surface area (Å²) in [7, 11) is -1.91. The van der Waals surface area contributed by atoms with E-state index in [1.54, 1.807) is 0 Å². The van der Waals surface area contributed by atoms with Crippen molar-refractivity contribution in [3.05, 3.63) is 41.7 Å². The Morgan fingerprint density at radius 3 is 2.39 bits per heavy atom. The maximum atomic E-state index is 6.29. The minimum Gasteiger partial charge on any atom is -0.542 e. The fourth-order valence-electron chi connectivity index (χ4n) is 1.77. The van der Waals surface area contributed by atoms with E-state index in [4.69, 9.17) is 10.8 Å². The van der Waals surface area contributed by atoms with Gasteiger partial charge >= 0.3 is 0 Å².